The standard InChI is InChI=1S/C14H18O/c1-3-4-10-14(2)11-9-12-7-5-6-8-13(12)15-14/h3,5-8H,1,4,9-11H2,2H3. The molecule has 0 saturated heterocycles. The van der Waals surface area contributed by atoms with E-state index in [9.17, 15) is 0 Å². The summed E-state index contributed by atoms with van der Waals surface area (Å²) in [5.41, 5.74) is 1.34. The van der Waals surface area contributed by atoms with E-state index >= 15 is 0 Å². The molecule has 1 aromatic carbocycles. The highest BCUT2D eigenvalue weighted by Crippen LogP contribution is 2.35. The van der Waals surface area contributed by atoms with E-state index in [4.69, 9.17) is 4.74 Å². The monoisotopic (exact) mass is 202 g/mol. The summed E-state index contributed by atoms with van der Waals surface area (Å²) in [5.74, 6) is 1.07. The molecule has 0 saturated carbocycles. The third-order valence-electron chi connectivity index (χ3n) is 3.13. The molecule has 0 aliphatic carbocycles. The highest BCUT2D eigenvalue weighted by atomic mass is 16.5. The minimum absolute atomic E-state index is 0.00252. The number of hydrogen-bond acceptors (Lipinski definition) is 1. The molecule has 1 aliphatic heterocycles. The molecule has 15 heavy (non-hydrogen) atoms. The Morgan fingerprint density at radius 2 is 2.27 bits per heavy atom. The van der Waals surface area contributed by atoms with Crippen molar-refractivity contribution >= 4 is 0 Å². The number of hydrogen-bond donors (Lipinski definition) is 0. The summed E-state index contributed by atoms with van der Waals surface area (Å²) in [7, 11) is 0. The molecule has 1 atom stereocenters. The van der Waals surface area contributed by atoms with Crippen LogP contribution in [0, 0.1) is 0 Å². The molecular weight excluding hydrogens is 184 g/mol. The molecule has 1 aliphatic rings. The van der Waals surface area contributed by atoms with Crippen LogP contribution in [0.15, 0.2) is 36.9 Å². The zero-order chi connectivity index (χ0) is 10.7. The van der Waals surface area contributed by atoms with Crippen LogP contribution in [0.4, 0.5) is 0 Å². The fourth-order valence-electron chi connectivity index (χ4n) is 2.11. The molecule has 1 unspecified atom stereocenters. The Hall–Kier alpha value is -1.24. The van der Waals surface area contributed by atoms with Crippen LogP contribution in [0.2, 0.25) is 0 Å². The predicted octanol–water partition coefficient (Wildman–Crippen LogP) is 3.74. The van der Waals surface area contributed by atoms with Crippen LogP contribution in [-0.2, 0) is 6.42 Å². The molecule has 0 spiro atoms. The van der Waals surface area contributed by atoms with Crippen molar-refractivity contribution in [3.05, 3.63) is 42.5 Å². The number of rotatable bonds is 3. The van der Waals surface area contributed by atoms with Crippen molar-refractivity contribution in [1.82, 2.24) is 0 Å². The lowest BCUT2D eigenvalue weighted by atomic mass is 9.89. The summed E-state index contributed by atoms with van der Waals surface area (Å²) in [6.07, 6.45) is 6.29. The van der Waals surface area contributed by atoms with E-state index in [1.807, 2.05) is 12.1 Å². The Labute approximate surface area is 91.8 Å². The third-order valence-corrected chi connectivity index (χ3v) is 3.13. The number of ether oxygens (including phenoxy) is 1. The summed E-state index contributed by atoms with van der Waals surface area (Å²) in [6, 6.07) is 8.34. The zero-order valence-electron chi connectivity index (χ0n) is 9.33. The second kappa shape index (κ2) is 4.09. The van der Waals surface area contributed by atoms with Gasteiger partial charge in [-0.15, -0.1) is 6.58 Å². The van der Waals surface area contributed by atoms with E-state index in [0.29, 0.717) is 0 Å². The summed E-state index contributed by atoms with van der Waals surface area (Å²) < 4.78 is 6.07. The molecule has 0 fully saturated rings. The number of allylic oxidation sites excluding steroid dienone is 1. The maximum atomic E-state index is 6.07. The summed E-state index contributed by atoms with van der Waals surface area (Å²) >= 11 is 0. The largest absolute Gasteiger partial charge is 0.487 e. The van der Waals surface area contributed by atoms with Gasteiger partial charge in [0.2, 0.25) is 0 Å². The fraction of sp³-hybridized carbons (Fsp3) is 0.429. The molecular formula is C14H18O. The van der Waals surface area contributed by atoms with Gasteiger partial charge in [-0.05, 0) is 44.2 Å². The Kier molecular flexibility index (Phi) is 2.81. The van der Waals surface area contributed by atoms with E-state index < -0.39 is 0 Å². The van der Waals surface area contributed by atoms with E-state index in [1.54, 1.807) is 0 Å². The molecule has 0 radical (unpaired) electrons. The van der Waals surface area contributed by atoms with Crippen molar-refractivity contribution < 1.29 is 4.74 Å². The van der Waals surface area contributed by atoms with Crippen molar-refractivity contribution in [2.75, 3.05) is 0 Å². The first-order valence-corrected chi connectivity index (χ1v) is 5.61. The topological polar surface area (TPSA) is 9.23 Å². The van der Waals surface area contributed by atoms with Crippen LogP contribution in [-0.4, -0.2) is 5.60 Å². The van der Waals surface area contributed by atoms with E-state index in [2.05, 4.69) is 31.7 Å². The van der Waals surface area contributed by atoms with Gasteiger partial charge in [0, 0.05) is 0 Å². The Balaban J connectivity index is 2.13. The summed E-state index contributed by atoms with van der Waals surface area (Å²) in [4.78, 5) is 0. The number of fused-ring (bicyclic) bond motifs is 1. The molecule has 0 N–H and O–H groups in total. The second-order valence-corrected chi connectivity index (χ2v) is 4.49. The van der Waals surface area contributed by atoms with E-state index in [1.165, 1.54) is 5.56 Å². The SMILES string of the molecule is C=CCCC1(C)CCc2ccccc2O1. The van der Waals surface area contributed by atoms with Crippen molar-refractivity contribution in [3.8, 4) is 5.75 Å². The van der Waals surface area contributed by atoms with Crippen molar-refractivity contribution in [3.63, 3.8) is 0 Å². The maximum absolute atomic E-state index is 6.07. The first kappa shape index (κ1) is 10.3. The lowest BCUT2D eigenvalue weighted by Crippen LogP contribution is -2.36. The van der Waals surface area contributed by atoms with Crippen LogP contribution < -0.4 is 4.74 Å². The van der Waals surface area contributed by atoms with Crippen LogP contribution in [0.3, 0.4) is 0 Å². The predicted molar refractivity (Wildman–Crippen MR) is 63.2 cm³/mol. The third kappa shape index (κ3) is 2.23. The van der Waals surface area contributed by atoms with Gasteiger partial charge in [0.25, 0.3) is 0 Å². The van der Waals surface area contributed by atoms with Gasteiger partial charge in [-0.2, -0.15) is 0 Å². The van der Waals surface area contributed by atoms with Gasteiger partial charge in [-0.25, -0.2) is 0 Å². The van der Waals surface area contributed by atoms with Gasteiger partial charge >= 0.3 is 0 Å². The molecule has 1 heterocycles. The first-order valence-electron chi connectivity index (χ1n) is 5.61. The number of benzene rings is 1. The van der Waals surface area contributed by atoms with Crippen LogP contribution in [0.5, 0.6) is 5.75 Å². The summed E-state index contributed by atoms with van der Waals surface area (Å²) in [5, 5.41) is 0. The molecule has 1 heteroatoms. The lowest BCUT2D eigenvalue weighted by molar-refractivity contribution is 0.0572. The zero-order valence-corrected chi connectivity index (χ0v) is 9.33. The van der Waals surface area contributed by atoms with Gasteiger partial charge in [-0.3, -0.25) is 0 Å². The number of para-hydroxylation sites is 1. The minimum atomic E-state index is 0.00252. The van der Waals surface area contributed by atoms with Gasteiger partial charge in [-0.1, -0.05) is 24.3 Å². The molecule has 0 bridgehead atoms. The highest BCUT2D eigenvalue weighted by Gasteiger charge is 2.30. The van der Waals surface area contributed by atoms with Gasteiger partial charge < -0.3 is 4.74 Å². The molecule has 0 amide bonds. The van der Waals surface area contributed by atoms with Gasteiger partial charge in [0.15, 0.2) is 0 Å². The van der Waals surface area contributed by atoms with Crippen molar-refractivity contribution in [2.45, 2.75) is 38.2 Å². The molecule has 1 aromatic rings. The Bertz CT molecular complexity index is 356. The van der Waals surface area contributed by atoms with Crippen molar-refractivity contribution in [2.24, 2.45) is 0 Å². The first-order chi connectivity index (χ1) is 7.23. The Morgan fingerprint density at radius 3 is 3.07 bits per heavy atom. The smallest absolute Gasteiger partial charge is 0.123 e. The lowest BCUT2D eigenvalue weighted by Gasteiger charge is -2.35. The van der Waals surface area contributed by atoms with Gasteiger partial charge in [0.1, 0.15) is 11.4 Å². The maximum Gasteiger partial charge on any atom is 0.123 e. The Morgan fingerprint density at radius 1 is 1.47 bits per heavy atom. The highest BCUT2D eigenvalue weighted by molar-refractivity contribution is 5.35. The molecule has 1 nitrogen and oxygen atoms in total. The van der Waals surface area contributed by atoms with Crippen LogP contribution >= 0.6 is 0 Å². The molecule has 80 valence electrons. The van der Waals surface area contributed by atoms with Crippen molar-refractivity contribution in [1.29, 1.82) is 0 Å². The fourth-order valence-corrected chi connectivity index (χ4v) is 2.11. The normalized spacial score (nSPS) is 24.1. The van der Waals surface area contributed by atoms with Crippen LogP contribution in [0.1, 0.15) is 31.7 Å². The summed E-state index contributed by atoms with van der Waals surface area (Å²) in [6.45, 7) is 5.97. The quantitative estimate of drug-likeness (QED) is 0.678. The van der Waals surface area contributed by atoms with E-state index in [-0.39, 0.29) is 5.60 Å². The van der Waals surface area contributed by atoms with E-state index in [0.717, 1.165) is 31.4 Å². The second-order valence-electron chi connectivity index (χ2n) is 4.49. The average Bonchev–Trinajstić information content (AvgIpc) is 2.26. The van der Waals surface area contributed by atoms with Crippen LogP contribution in [0.25, 0.3) is 0 Å². The molecule has 2 rings (SSSR count). The number of aryl methyl sites for hydroxylation is 1. The van der Waals surface area contributed by atoms with Gasteiger partial charge in [0.05, 0.1) is 0 Å². The average molecular weight is 202 g/mol. The minimum Gasteiger partial charge on any atom is -0.487 e. The molecule has 0 aromatic heterocycles.